The lowest BCUT2D eigenvalue weighted by Gasteiger charge is -2.12. The van der Waals surface area contributed by atoms with E-state index in [1.54, 1.807) is 6.26 Å². The van der Waals surface area contributed by atoms with Gasteiger partial charge in [0.15, 0.2) is 5.76 Å². The van der Waals surface area contributed by atoms with Crippen molar-refractivity contribution in [3.8, 4) is 11.6 Å². The molecule has 1 aliphatic heterocycles. The molecule has 2 unspecified atom stereocenters. The van der Waals surface area contributed by atoms with Gasteiger partial charge in [-0.25, -0.2) is 0 Å². The van der Waals surface area contributed by atoms with E-state index >= 15 is 0 Å². The van der Waals surface area contributed by atoms with Crippen molar-refractivity contribution in [2.45, 2.75) is 12.0 Å². The topological polar surface area (TPSA) is 64.1 Å². The van der Waals surface area contributed by atoms with Crippen LogP contribution in [0.15, 0.2) is 27.3 Å². The number of hydrogen-bond acceptors (Lipinski definition) is 6. The minimum absolute atomic E-state index is 0.293. The standard InChI is InChI=1S/C11H13N3O2S/c1-12-8-6-17-5-7(8)11-13-10(14-16-11)9-3-2-4-15-9/h2-4,7-8,12H,5-6H2,1H3. The fourth-order valence-electron chi connectivity index (χ4n) is 1.97. The summed E-state index contributed by atoms with van der Waals surface area (Å²) in [4.78, 5) is 4.41. The Labute approximate surface area is 103 Å². The van der Waals surface area contributed by atoms with E-state index in [0.29, 0.717) is 29.4 Å². The molecule has 0 saturated carbocycles. The summed E-state index contributed by atoms with van der Waals surface area (Å²) < 4.78 is 10.6. The van der Waals surface area contributed by atoms with Crippen molar-refractivity contribution in [3.05, 3.63) is 24.3 Å². The molecule has 3 heterocycles. The summed E-state index contributed by atoms with van der Waals surface area (Å²) in [6.45, 7) is 0. The van der Waals surface area contributed by atoms with E-state index in [0.717, 1.165) is 11.5 Å². The number of furan rings is 1. The maximum Gasteiger partial charge on any atom is 0.238 e. The third kappa shape index (κ3) is 1.98. The maximum absolute atomic E-state index is 5.33. The normalized spacial score (nSPS) is 24.3. The third-order valence-electron chi connectivity index (χ3n) is 2.95. The van der Waals surface area contributed by atoms with Crippen LogP contribution in [-0.2, 0) is 0 Å². The molecular weight excluding hydrogens is 238 g/mol. The van der Waals surface area contributed by atoms with Crippen molar-refractivity contribution in [1.82, 2.24) is 15.5 Å². The van der Waals surface area contributed by atoms with E-state index in [2.05, 4.69) is 15.5 Å². The second kappa shape index (κ2) is 4.54. The van der Waals surface area contributed by atoms with Crippen LogP contribution in [0.5, 0.6) is 0 Å². The average molecular weight is 251 g/mol. The van der Waals surface area contributed by atoms with Gasteiger partial charge in [0.2, 0.25) is 11.7 Å². The Bertz CT molecular complexity index is 483. The molecule has 2 aromatic heterocycles. The molecule has 1 fully saturated rings. The number of nitrogens with one attached hydrogen (secondary N) is 1. The summed E-state index contributed by atoms with van der Waals surface area (Å²) in [7, 11) is 1.97. The van der Waals surface area contributed by atoms with Gasteiger partial charge in [0.1, 0.15) is 0 Å². The fourth-order valence-corrected chi connectivity index (χ4v) is 3.39. The molecule has 0 bridgehead atoms. The highest BCUT2D eigenvalue weighted by molar-refractivity contribution is 7.99. The van der Waals surface area contributed by atoms with Gasteiger partial charge < -0.3 is 14.3 Å². The van der Waals surface area contributed by atoms with Crippen molar-refractivity contribution in [3.63, 3.8) is 0 Å². The molecule has 0 spiro atoms. The number of thioether (sulfide) groups is 1. The Balaban J connectivity index is 1.85. The molecule has 1 saturated heterocycles. The zero-order valence-corrected chi connectivity index (χ0v) is 10.2. The average Bonchev–Trinajstić information content (AvgIpc) is 3.09. The molecule has 0 aromatic carbocycles. The van der Waals surface area contributed by atoms with Crippen molar-refractivity contribution in [1.29, 1.82) is 0 Å². The predicted octanol–water partition coefficient (Wildman–Crippen LogP) is 1.75. The Morgan fingerprint density at radius 3 is 3.18 bits per heavy atom. The molecule has 2 atom stereocenters. The summed E-state index contributed by atoms with van der Waals surface area (Å²) in [6, 6.07) is 4.05. The third-order valence-corrected chi connectivity index (χ3v) is 4.14. The van der Waals surface area contributed by atoms with Crippen LogP contribution in [-0.4, -0.2) is 34.7 Å². The quantitative estimate of drug-likeness (QED) is 0.896. The number of hydrogen-bond donors (Lipinski definition) is 1. The van der Waals surface area contributed by atoms with Gasteiger partial charge in [-0.2, -0.15) is 16.7 Å². The van der Waals surface area contributed by atoms with Gasteiger partial charge in [0.25, 0.3) is 0 Å². The van der Waals surface area contributed by atoms with E-state index < -0.39 is 0 Å². The monoisotopic (exact) mass is 251 g/mol. The molecule has 2 aromatic rings. The van der Waals surface area contributed by atoms with E-state index in [-0.39, 0.29) is 0 Å². The van der Waals surface area contributed by atoms with Gasteiger partial charge in [0, 0.05) is 17.5 Å². The van der Waals surface area contributed by atoms with Gasteiger partial charge in [-0.3, -0.25) is 0 Å². The summed E-state index contributed by atoms with van der Waals surface area (Å²) in [5, 5.41) is 7.24. The van der Waals surface area contributed by atoms with Crippen LogP contribution >= 0.6 is 11.8 Å². The molecule has 1 aliphatic rings. The van der Waals surface area contributed by atoms with E-state index in [9.17, 15) is 0 Å². The summed E-state index contributed by atoms with van der Waals surface area (Å²) in [5.74, 6) is 4.26. The van der Waals surface area contributed by atoms with Crippen LogP contribution in [0.1, 0.15) is 11.8 Å². The molecule has 6 heteroatoms. The second-order valence-electron chi connectivity index (χ2n) is 3.97. The largest absolute Gasteiger partial charge is 0.461 e. The van der Waals surface area contributed by atoms with Gasteiger partial charge in [-0.05, 0) is 19.2 Å². The summed E-state index contributed by atoms with van der Waals surface area (Å²) in [5.41, 5.74) is 0. The van der Waals surface area contributed by atoms with Crippen molar-refractivity contribution in [2.24, 2.45) is 0 Å². The lowest BCUT2D eigenvalue weighted by Crippen LogP contribution is -2.30. The molecule has 5 nitrogen and oxygen atoms in total. The van der Waals surface area contributed by atoms with Crippen LogP contribution in [0, 0.1) is 0 Å². The zero-order valence-electron chi connectivity index (χ0n) is 9.42. The molecule has 0 amide bonds. The van der Waals surface area contributed by atoms with E-state index in [1.165, 1.54) is 0 Å². The highest BCUT2D eigenvalue weighted by Crippen LogP contribution is 2.32. The molecule has 17 heavy (non-hydrogen) atoms. The smallest absolute Gasteiger partial charge is 0.238 e. The second-order valence-corrected chi connectivity index (χ2v) is 5.05. The van der Waals surface area contributed by atoms with Crippen LogP contribution in [0.4, 0.5) is 0 Å². The Kier molecular flexibility index (Phi) is 2.90. The van der Waals surface area contributed by atoms with Gasteiger partial charge in [0.05, 0.1) is 12.2 Å². The van der Waals surface area contributed by atoms with Crippen LogP contribution in [0.25, 0.3) is 11.6 Å². The van der Waals surface area contributed by atoms with Crippen LogP contribution < -0.4 is 5.32 Å². The first-order valence-corrected chi connectivity index (χ1v) is 6.66. The van der Waals surface area contributed by atoms with Gasteiger partial charge >= 0.3 is 0 Å². The van der Waals surface area contributed by atoms with Crippen LogP contribution in [0.2, 0.25) is 0 Å². The fraction of sp³-hybridized carbons (Fsp3) is 0.455. The summed E-state index contributed by atoms with van der Waals surface area (Å²) >= 11 is 1.90. The van der Waals surface area contributed by atoms with E-state index in [4.69, 9.17) is 8.94 Å². The summed E-state index contributed by atoms with van der Waals surface area (Å²) in [6.07, 6.45) is 1.60. The zero-order chi connectivity index (χ0) is 11.7. The van der Waals surface area contributed by atoms with E-state index in [1.807, 2.05) is 30.9 Å². The van der Waals surface area contributed by atoms with Crippen molar-refractivity contribution in [2.75, 3.05) is 18.6 Å². The molecule has 1 N–H and O–H groups in total. The van der Waals surface area contributed by atoms with Gasteiger partial charge in [-0.1, -0.05) is 5.16 Å². The highest BCUT2D eigenvalue weighted by Gasteiger charge is 2.32. The first kappa shape index (κ1) is 10.9. The predicted molar refractivity (Wildman–Crippen MR) is 64.9 cm³/mol. The first-order chi connectivity index (χ1) is 8.38. The minimum atomic E-state index is 0.293. The SMILES string of the molecule is CNC1CSCC1c1nc(-c2ccco2)no1. The van der Waals surface area contributed by atoms with Crippen molar-refractivity contribution >= 4 is 11.8 Å². The Morgan fingerprint density at radius 1 is 1.47 bits per heavy atom. The maximum atomic E-state index is 5.33. The molecule has 0 radical (unpaired) electrons. The van der Waals surface area contributed by atoms with Gasteiger partial charge in [-0.15, -0.1) is 0 Å². The lowest BCUT2D eigenvalue weighted by atomic mass is 10.0. The molecule has 90 valence electrons. The first-order valence-electron chi connectivity index (χ1n) is 5.51. The van der Waals surface area contributed by atoms with Crippen LogP contribution in [0.3, 0.4) is 0 Å². The van der Waals surface area contributed by atoms with Crippen molar-refractivity contribution < 1.29 is 8.94 Å². The number of likely N-dealkylation sites (N-methyl/N-ethyl adjacent to an activating group) is 1. The Hall–Kier alpha value is -1.27. The Morgan fingerprint density at radius 2 is 2.41 bits per heavy atom. The number of nitrogens with zero attached hydrogens (tertiary/aromatic N) is 2. The molecule has 3 rings (SSSR count). The lowest BCUT2D eigenvalue weighted by molar-refractivity contribution is 0.343. The molecular formula is C11H13N3O2S. The molecule has 0 aliphatic carbocycles. The minimum Gasteiger partial charge on any atom is -0.461 e. The number of aromatic nitrogens is 2. The number of rotatable bonds is 3. The highest BCUT2D eigenvalue weighted by atomic mass is 32.2.